The normalized spacial score (nSPS) is 11.0. The van der Waals surface area contributed by atoms with Crippen molar-refractivity contribution < 1.29 is 52.4 Å². The largest absolute Gasteiger partial charge is 1.00 e. The molecule has 6 heteroatoms. The van der Waals surface area contributed by atoms with Crippen molar-refractivity contribution in [2.45, 2.75) is 108 Å². The second-order valence-electron chi connectivity index (χ2n) is 11.2. The maximum absolute atomic E-state index is 10.3. The molecule has 0 heterocycles. The molecular formula is C36H49BLi2O3. The van der Waals surface area contributed by atoms with E-state index in [-0.39, 0.29) is 43.1 Å². The number of unbranched alkanes of at least 4 members (excludes halogenated alkanes) is 14. The van der Waals surface area contributed by atoms with Crippen LogP contribution in [-0.2, 0) is 10.1 Å². The third kappa shape index (κ3) is 14.1. The molecule has 0 radical (unpaired) electrons. The molecule has 0 spiro atoms. The molecule has 216 valence electrons. The molecule has 0 fully saturated rings. The minimum atomic E-state index is -2.12. The summed E-state index contributed by atoms with van der Waals surface area (Å²) in [5.41, 5.74) is 4.04. The summed E-state index contributed by atoms with van der Waals surface area (Å²) in [5, 5.41) is 20.6. The average Bonchev–Trinajstić information content (AvgIpc) is 3.00. The number of hydrogen-bond acceptors (Lipinski definition) is 3. The average molecular weight is 554 g/mol. The minimum absolute atomic E-state index is 0. The molecule has 0 aliphatic heterocycles. The van der Waals surface area contributed by atoms with E-state index in [1.807, 2.05) is 0 Å². The van der Waals surface area contributed by atoms with Gasteiger partial charge in [0.15, 0.2) is 0 Å². The van der Waals surface area contributed by atoms with Crippen molar-refractivity contribution >= 4 is 7.32 Å². The van der Waals surface area contributed by atoms with Gasteiger partial charge in [-0.05, 0) is 29.5 Å². The molecule has 3 nitrogen and oxygen atoms in total. The predicted molar refractivity (Wildman–Crippen MR) is 165 cm³/mol. The van der Waals surface area contributed by atoms with Crippen LogP contribution in [0.5, 0.6) is 0 Å². The van der Waals surface area contributed by atoms with Crippen molar-refractivity contribution in [1.29, 1.82) is 0 Å². The molecule has 3 aromatic rings. The van der Waals surface area contributed by atoms with Crippen LogP contribution < -0.4 is 47.8 Å². The maximum atomic E-state index is 10.3. The summed E-state index contributed by atoms with van der Waals surface area (Å²) in [6.45, 7) is 0.313. The zero-order chi connectivity index (χ0) is 28.1. The van der Waals surface area contributed by atoms with Crippen molar-refractivity contribution in [3.63, 3.8) is 0 Å². The zero-order valence-electron chi connectivity index (χ0n) is 26.5. The van der Waals surface area contributed by atoms with E-state index in [9.17, 15) is 10.0 Å². The van der Waals surface area contributed by atoms with Crippen molar-refractivity contribution in [2.75, 3.05) is 6.61 Å². The van der Waals surface area contributed by atoms with E-state index in [1.165, 1.54) is 100 Å². The van der Waals surface area contributed by atoms with E-state index in [2.05, 4.69) is 95.6 Å². The van der Waals surface area contributed by atoms with Crippen LogP contribution in [0.4, 0.5) is 0 Å². The topological polar surface area (TPSA) is 55.3 Å². The van der Waals surface area contributed by atoms with Crippen LogP contribution in [0.2, 0.25) is 0 Å². The fourth-order valence-electron chi connectivity index (χ4n) is 6.07. The Hall–Kier alpha value is -1.20. The Balaban J connectivity index is 0.00000441. The molecule has 0 N–H and O–H groups in total. The second-order valence-corrected chi connectivity index (χ2v) is 11.2. The summed E-state index contributed by atoms with van der Waals surface area (Å²) in [5.74, 6) is 0. The molecule has 3 rings (SSSR count). The van der Waals surface area contributed by atoms with Crippen molar-refractivity contribution in [3.05, 3.63) is 108 Å². The molecule has 0 aliphatic carbocycles. The van der Waals surface area contributed by atoms with Gasteiger partial charge in [-0.3, -0.25) is 0 Å². The van der Waals surface area contributed by atoms with Gasteiger partial charge in [0.2, 0.25) is 0 Å². The van der Waals surface area contributed by atoms with Crippen LogP contribution in [0.1, 0.15) is 119 Å². The first-order valence-electron chi connectivity index (χ1n) is 15.8. The molecule has 0 saturated heterocycles. The van der Waals surface area contributed by atoms with Gasteiger partial charge in [0.1, 0.15) is 0 Å². The van der Waals surface area contributed by atoms with Crippen molar-refractivity contribution in [3.8, 4) is 0 Å². The van der Waals surface area contributed by atoms with Gasteiger partial charge >= 0.3 is 37.7 Å². The quantitative estimate of drug-likeness (QED) is 0.109. The van der Waals surface area contributed by atoms with Crippen LogP contribution >= 0.6 is 0 Å². The van der Waals surface area contributed by atoms with Crippen LogP contribution in [0.3, 0.4) is 0 Å². The van der Waals surface area contributed by atoms with Crippen molar-refractivity contribution in [2.24, 2.45) is 0 Å². The Labute approximate surface area is 280 Å². The smallest absolute Gasteiger partial charge is 0.871 e. The Morgan fingerprint density at radius 3 is 1.02 bits per heavy atom. The Morgan fingerprint density at radius 1 is 0.429 bits per heavy atom. The molecule has 42 heavy (non-hydrogen) atoms. The van der Waals surface area contributed by atoms with Crippen LogP contribution in [-0.4, -0.2) is 13.9 Å². The maximum Gasteiger partial charge on any atom is 1.00 e. The first-order valence-corrected chi connectivity index (χ1v) is 15.8. The first kappa shape index (κ1) is 38.8. The van der Waals surface area contributed by atoms with Crippen LogP contribution in [0, 0.1) is 0 Å². The van der Waals surface area contributed by atoms with E-state index >= 15 is 0 Å². The van der Waals surface area contributed by atoms with Gasteiger partial charge in [0.05, 0.1) is 7.32 Å². The van der Waals surface area contributed by atoms with E-state index < -0.39 is 7.32 Å². The molecule has 0 amide bonds. The summed E-state index contributed by atoms with van der Waals surface area (Å²) in [4.78, 5) is 0. The Kier molecular flexibility index (Phi) is 22.3. The Bertz CT molecular complexity index is 909. The van der Waals surface area contributed by atoms with Crippen molar-refractivity contribution in [1.82, 2.24) is 0 Å². The summed E-state index contributed by atoms with van der Waals surface area (Å²) in [6, 6.07) is 33.3. The van der Waals surface area contributed by atoms with Crippen LogP contribution in [0.25, 0.3) is 0 Å². The van der Waals surface area contributed by atoms with Gasteiger partial charge in [0.25, 0.3) is 0 Å². The predicted octanol–water partition coefficient (Wildman–Crippen LogP) is 1.99. The first-order chi connectivity index (χ1) is 19.7. The fourth-order valence-corrected chi connectivity index (χ4v) is 6.07. The van der Waals surface area contributed by atoms with Gasteiger partial charge in [-0.15, -0.1) is 0 Å². The fraction of sp³-hybridized carbons (Fsp3) is 0.500. The Morgan fingerprint density at radius 2 is 0.714 bits per heavy atom. The van der Waals surface area contributed by atoms with E-state index in [1.54, 1.807) is 0 Å². The number of rotatable bonds is 22. The molecule has 0 saturated carbocycles. The monoisotopic (exact) mass is 554 g/mol. The zero-order valence-corrected chi connectivity index (χ0v) is 26.5. The van der Waals surface area contributed by atoms with Gasteiger partial charge in [-0.1, -0.05) is 181 Å². The van der Waals surface area contributed by atoms with Gasteiger partial charge in [0, 0.05) is 12.0 Å². The molecule has 0 atom stereocenters. The van der Waals surface area contributed by atoms with Gasteiger partial charge in [-0.2, -0.15) is 0 Å². The van der Waals surface area contributed by atoms with E-state index in [0.29, 0.717) is 6.61 Å². The molecule has 3 aromatic carbocycles. The van der Waals surface area contributed by atoms with Gasteiger partial charge < -0.3 is 14.7 Å². The second kappa shape index (κ2) is 24.2. The van der Waals surface area contributed by atoms with Gasteiger partial charge in [-0.25, -0.2) is 0 Å². The third-order valence-corrected chi connectivity index (χ3v) is 8.25. The molecule has 0 unspecified atom stereocenters. The summed E-state index contributed by atoms with van der Waals surface area (Å²) in [7, 11) is -2.12. The molecule has 0 aliphatic rings. The molecule has 0 aromatic heterocycles. The summed E-state index contributed by atoms with van der Waals surface area (Å²) in [6.07, 6.45) is 20.0. The summed E-state index contributed by atoms with van der Waals surface area (Å²) < 4.78 is 4.51. The van der Waals surface area contributed by atoms with E-state index in [4.69, 9.17) is 0 Å². The standard InChI is InChI=1S/C36H49BO3.2Li/c38-37(39)40-32-24-13-11-9-7-5-3-1-2-4-6-8-10-12-23-31-36(33-25-17-14-18-26-33,34-27-19-15-20-28-34)35-29-21-16-22-30-35;;/h14-22,25-30H,1-13,23-24,31-32H2;;/q-2;2*+1. The minimum Gasteiger partial charge on any atom is -0.871 e. The molecule has 0 bridgehead atoms. The number of benzene rings is 3. The SMILES string of the molecule is [Li+].[Li+].[O-]B([O-])OCCCCCCCCCCCCCCCCCC(c1ccccc1)(c1ccccc1)c1ccccc1. The number of hydrogen-bond donors (Lipinski definition) is 0. The molecular weight excluding hydrogens is 505 g/mol. The van der Waals surface area contributed by atoms with E-state index in [0.717, 1.165) is 19.3 Å². The summed E-state index contributed by atoms with van der Waals surface area (Å²) >= 11 is 0. The third-order valence-electron chi connectivity index (χ3n) is 8.25. The van der Waals surface area contributed by atoms with Crippen LogP contribution in [0.15, 0.2) is 91.0 Å².